The van der Waals surface area contributed by atoms with Gasteiger partial charge in [0.2, 0.25) is 0 Å². The second-order valence-corrected chi connectivity index (χ2v) is 3.69. The van der Waals surface area contributed by atoms with Crippen molar-refractivity contribution >= 4 is 6.09 Å². The van der Waals surface area contributed by atoms with Crippen LogP contribution in [0.3, 0.4) is 0 Å². The van der Waals surface area contributed by atoms with Crippen molar-refractivity contribution in [2.24, 2.45) is 0 Å². The molecule has 1 unspecified atom stereocenters. The van der Waals surface area contributed by atoms with Gasteiger partial charge in [-0.2, -0.15) is 0 Å². The quantitative estimate of drug-likeness (QED) is 0.772. The highest BCUT2D eigenvalue weighted by Gasteiger charge is 2.29. The van der Waals surface area contributed by atoms with Crippen molar-refractivity contribution in [3.05, 3.63) is 35.6 Å². The third-order valence-electron chi connectivity index (χ3n) is 2.75. The van der Waals surface area contributed by atoms with Crippen LogP contribution in [0.4, 0.5) is 9.18 Å². The number of likely N-dealkylation sites (tertiary alicyclic amines) is 1. The maximum absolute atomic E-state index is 12.7. The number of benzene rings is 1. The fraction of sp³-hybridized carbons (Fsp3) is 0.364. The van der Waals surface area contributed by atoms with Crippen molar-refractivity contribution in [2.45, 2.75) is 18.9 Å². The predicted octanol–water partition coefficient (Wildman–Crippen LogP) is 2.64. The van der Waals surface area contributed by atoms with E-state index in [2.05, 4.69) is 0 Å². The van der Waals surface area contributed by atoms with Gasteiger partial charge >= 0.3 is 6.09 Å². The smallest absolute Gasteiger partial charge is 0.407 e. The van der Waals surface area contributed by atoms with Crippen LogP contribution in [0.2, 0.25) is 0 Å². The fourth-order valence-corrected chi connectivity index (χ4v) is 2.03. The first kappa shape index (κ1) is 9.96. The van der Waals surface area contributed by atoms with E-state index in [1.165, 1.54) is 17.0 Å². The Balaban J connectivity index is 2.22. The van der Waals surface area contributed by atoms with Gasteiger partial charge in [0.15, 0.2) is 0 Å². The number of halogens is 1. The topological polar surface area (TPSA) is 40.5 Å². The van der Waals surface area contributed by atoms with Gasteiger partial charge in [-0.1, -0.05) is 12.1 Å². The molecule has 0 bridgehead atoms. The van der Waals surface area contributed by atoms with Crippen LogP contribution in [-0.2, 0) is 0 Å². The Morgan fingerprint density at radius 1 is 1.40 bits per heavy atom. The molecule has 1 saturated heterocycles. The van der Waals surface area contributed by atoms with Crippen LogP contribution in [0, 0.1) is 5.82 Å². The van der Waals surface area contributed by atoms with Crippen LogP contribution >= 0.6 is 0 Å². The van der Waals surface area contributed by atoms with Gasteiger partial charge in [-0.15, -0.1) is 0 Å². The minimum absolute atomic E-state index is 0.108. The zero-order valence-corrected chi connectivity index (χ0v) is 8.19. The summed E-state index contributed by atoms with van der Waals surface area (Å²) in [5.41, 5.74) is 0.872. The Bertz CT molecular complexity index is 363. The summed E-state index contributed by atoms with van der Waals surface area (Å²) in [6, 6.07) is 5.94. The van der Waals surface area contributed by atoms with Crippen molar-refractivity contribution in [3.8, 4) is 0 Å². The molecule has 0 aliphatic carbocycles. The standard InChI is InChI=1S/C11H12FNO2/c12-9-5-3-8(4-6-9)10-2-1-7-13(10)11(14)15/h3-6,10H,1-2,7H2,(H,14,15). The molecule has 2 rings (SSSR count). The minimum Gasteiger partial charge on any atom is -0.465 e. The maximum atomic E-state index is 12.7. The molecule has 0 radical (unpaired) electrons. The maximum Gasteiger partial charge on any atom is 0.407 e. The number of hydrogen-bond donors (Lipinski definition) is 1. The summed E-state index contributed by atoms with van der Waals surface area (Å²) in [5.74, 6) is -0.293. The number of rotatable bonds is 1. The lowest BCUT2D eigenvalue weighted by atomic mass is 10.1. The summed E-state index contributed by atoms with van der Waals surface area (Å²) < 4.78 is 12.7. The fourth-order valence-electron chi connectivity index (χ4n) is 2.03. The highest BCUT2D eigenvalue weighted by Crippen LogP contribution is 2.31. The highest BCUT2D eigenvalue weighted by molar-refractivity contribution is 5.66. The third kappa shape index (κ3) is 1.93. The molecule has 1 N–H and O–H groups in total. The zero-order valence-electron chi connectivity index (χ0n) is 8.19. The Morgan fingerprint density at radius 2 is 2.07 bits per heavy atom. The van der Waals surface area contributed by atoms with E-state index in [0.717, 1.165) is 18.4 Å². The van der Waals surface area contributed by atoms with Gasteiger partial charge in [0, 0.05) is 6.54 Å². The first-order chi connectivity index (χ1) is 7.18. The average Bonchev–Trinajstić information content (AvgIpc) is 2.67. The van der Waals surface area contributed by atoms with Crippen molar-refractivity contribution in [1.29, 1.82) is 0 Å². The van der Waals surface area contributed by atoms with Crippen molar-refractivity contribution < 1.29 is 14.3 Å². The van der Waals surface area contributed by atoms with Gasteiger partial charge in [-0.3, -0.25) is 0 Å². The summed E-state index contributed by atoms with van der Waals surface area (Å²) in [4.78, 5) is 12.3. The van der Waals surface area contributed by atoms with E-state index in [1.807, 2.05) is 0 Å². The van der Waals surface area contributed by atoms with Crippen molar-refractivity contribution in [1.82, 2.24) is 4.90 Å². The molecule has 15 heavy (non-hydrogen) atoms. The molecule has 0 saturated carbocycles. The lowest BCUT2D eigenvalue weighted by molar-refractivity contribution is 0.140. The summed E-state index contributed by atoms with van der Waals surface area (Å²) in [6.45, 7) is 0.567. The molecule has 1 aromatic rings. The summed E-state index contributed by atoms with van der Waals surface area (Å²) in [5, 5.41) is 8.95. The van der Waals surface area contributed by atoms with E-state index in [-0.39, 0.29) is 11.9 Å². The van der Waals surface area contributed by atoms with E-state index >= 15 is 0 Å². The molecule has 0 spiro atoms. The predicted molar refractivity (Wildman–Crippen MR) is 53.1 cm³/mol. The summed E-state index contributed by atoms with van der Waals surface area (Å²) >= 11 is 0. The Labute approximate surface area is 87.1 Å². The molecule has 1 amide bonds. The van der Waals surface area contributed by atoms with Gasteiger partial charge < -0.3 is 10.0 Å². The molecule has 0 aromatic heterocycles. The van der Waals surface area contributed by atoms with Crippen LogP contribution in [0.15, 0.2) is 24.3 Å². The van der Waals surface area contributed by atoms with Crippen molar-refractivity contribution in [2.75, 3.05) is 6.54 Å². The zero-order chi connectivity index (χ0) is 10.8. The third-order valence-corrected chi connectivity index (χ3v) is 2.75. The molecule has 1 heterocycles. The Kier molecular flexibility index (Phi) is 2.58. The molecule has 1 aliphatic heterocycles. The molecule has 1 aromatic carbocycles. The van der Waals surface area contributed by atoms with E-state index in [9.17, 15) is 9.18 Å². The largest absolute Gasteiger partial charge is 0.465 e. The molecular weight excluding hydrogens is 197 g/mol. The average molecular weight is 209 g/mol. The van der Waals surface area contributed by atoms with Crippen LogP contribution in [-0.4, -0.2) is 22.6 Å². The molecule has 1 aliphatic rings. The van der Waals surface area contributed by atoms with Gasteiger partial charge in [0.1, 0.15) is 5.82 Å². The van der Waals surface area contributed by atoms with Gasteiger partial charge in [0.05, 0.1) is 6.04 Å². The van der Waals surface area contributed by atoms with Gasteiger partial charge in [-0.05, 0) is 30.5 Å². The highest BCUT2D eigenvalue weighted by atomic mass is 19.1. The summed E-state index contributed by atoms with van der Waals surface area (Å²) in [6.07, 6.45) is 0.786. The first-order valence-corrected chi connectivity index (χ1v) is 4.93. The van der Waals surface area contributed by atoms with Crippen LogP contribution in [0.1, 0.15) is 24.4 Å². The van der Waals surface area contributed by atoms with E-state index < -0.39 is 6.09 Å². The molecule has 1 atom stereocenters. The minimum atomic E-state index is -0.901. The molecule has 4 heteroatoms. The van der Waals surface area contributed by atoms with Gasteiger partial charge in [-0.25, -0.2) is 9.18 Å². The lowest BCUT2D eigenvalue weighted by Crippen LogP contribution is -2.28. The van der Waals surface area contributed by atoms with E-state index in [4.69, 9.17) is 5.11 Å². The SMILES string of the molecule is O=C(O)N1CCCC1c1ccc(F)cc1. The van der Waals surface area contributed by atoms with Crippen LogP contribution < -0.4 is 0 Å². The van der Waals surface area contributed by atoms with Crippen LogP contribution in [0.25, 0.3) is 0 Å². The van der Waals surface area contributed by atoms with Crippen LogP contribution in [0.5, 0.6) is 0 Å². The number of carbonyl (C=O) groups is 1. The molecule has 1 fully saturated rings. The number of carboxylic acid groups (broad SMARTS) is 1. The lowest BCUT2D eigenvalue weighted by Gasteiger charge is -2.21. The molecule has 80 valence electrons. The number of amides is 1. The second-order valence-electron chi connectivity index (χ2n) is 3.69. The Morgan fingerprint density at radius 3 is 2.67 bits per heavy atom. The Hall–Kier alpha value is -1.58. The van der Waals surface area contributed by atoms with E-state index in [1.54, 1.807) is 12.1 Å². The van der Waals surface area contributed by atoms with Crippen molar-refractivity contribution in [3.63, 3.8) is 0 Å². The van der Waals surface area contributed by atoms with E-state index in [0.29, 0.717) is 6.54 Å². The first-order valence-electron chi connectivity index (χ1n) is 4.93. The molecular formula is C11H12FNO2. The van der Waals surface area contributed by atoms with Gasteiger partial charge in [0.25, 0.3) is 0 Å². The number of hydrogen-bond acceptors (Lipinski definition) is 1. The second kappa shape index (κ2) is 3.88. The monoisotopic (exact) mass is 209 g/mol. The molecule has 3 nitrogen and oxygen atoms in total. The normalized spacial score (nSPS) is 20.6. The summed E-state index contributed by atoms with van der Waals surface area (Å²) in [7, 11) is 0. The number of nitrogens with zero attached hydrogens (tertiary/aromatic N) is 1.